The maximum atomic E-state index is 10.5. The average Bonchev–Trinajstić information content (AvgIpc) is 2.67. The molecule has 0 aromatic carbocycles. The lowest BCUT2D eigenvalue weighted by Gasteiger charge is -2.11. The van der Waals surface area contributed by atoms with Crippen molar-refractivity contribution in [1.29, 1.82) is 0 Å². The summed E-state index contributed by atoms with van der Waals surface area (Å²) >= 11 is 6.27. The largest absolute Gasteiger partial charge is 0.481 e. The van der Waals surface area contributed by atoms with Crippen LogP contribution in [0.3, 0.4) is 0 Å². The van der Waals surface area contributed by atoms with Crippen molar-refractivity contribution in [2.45, 2.75) is 46.1 Å². The summed E-state index contributed by atoms with van der Waals surface area (Å²) in [5.41, 5.74) is 1.93. The second kappa shape index (κ2) is 8.27. The Kier molecular flexibility index (Phi) is 7.02. The molecule has 0 aliphatic rings. The van der Waals surface area contributed by atoms with E-state index in [2.05, 4.69) is 17.3 Å². The van der Waals surface area contributed by atoms with Crippen LogP contribution in [0, 0.1) is 5.92 Å². The second-order valence-corrected chi connectivity index (χ2v) is 5.57. The molecule has 5 nitrogen and oxygen atoms in total. The summed E-state index contributed by atoms with van der Waals surface area (Å²) in [6.45, 7) is 5.66. The van der Waals surface area contributed by atoms with Crippen LogP contribution in [0.5, 0.6) is 0 Å². The Morgan fingerprint density at radius 2 is 2.20 bits per heavy atom. The SMILES string of the molecule is CCc1nn(C)c(CNCCC(C)CCC(=O)O)c1Cl. The van der Waals surface area contributed by atoms with E-state index >= 15 is 0 Å². The van der Waals surface area contributed by atoms with Gasteiger partial charge in [0.2, 0.25) is 0 Å². The lowest BCUT2D eigenvalue weighted by atomic mass is 10.0. The predicted octanol–water partition coefficient (Wildman–Crippen LogP) is 2.62. The number of aryl methyl sites for hydroxylation is 2. The molecule has 0 aliphatic carbocycles. The van der Waals surface area contributed by atoms with Gasteiger partial charge in [-0.2, -0.15) is 5.10 Å². The first-order valence-electron chi connectivity index (χ1n) is 7.08. The maximum Gasteiger partial charge on any atom is 0.303 e. The van der Waals surface area contributed by atoms with E-state index in [1.54, 1.807) is 0 Å². The first kappa shape index (κ1) is 17.0. The van der Waals surface area contributed by atoms with E-state index in [0.29, 0.717) is 12.5 Å². The normalized spacial score (nSPS) is 12.6. The minimum absolute atomic E-state index is 0.245. The molecule has 0 aliphatic heterocycles. The van der Waals surface area contributed by atoms with Gasteiger partial charge in [0.05, 0.1) is 16.4 Å². The van der Waals surface area contributed by atoms with Gasteiger partial charge in [0, 0.05) is 20.0 Å². The molecule has 1 atom stereocenters. The summed E-state index contributed by atoms with van der Waals surface area (Å²) in [7, 11) is 1.90. The number of rotatable bonds is 9. The van der Waals surface area contributed by atoms with Gasteiger partial charge in [-0.1, -0.05) is 25.4 Å². The van der Waals surface area contributed by atoms with E-state index in [4.69, 9.17) is 16.7 Å². The first-order valence-corrected chi connectivity index (χ1v) is 7.46. The average molecular weight is 302 g/mol. The topological polar surface area (TPSA) is 67.2 Å². The number of nitrogens with one attached hydrogen (secondary N) is 1. The molecular formula is C14H24ClN3O2. The fourth-order valence-electron chi connectivity index (χ4n) is 2.08. The molecule has 6 heteroatoms. The van der Waals surface area contributed by atoms with Crippen molar-refractivity contribution in [2.75, 3.05) is 6.54 Å². The molecule has 1 heterocycles. The third-order valence-electron chi connectivity index (χ3n) is 3.46. The molecule has 0 amide bonds. The van der Waals surface area contributed by atoms with Crippen molar-refractivity contribution in [1.82, 2.24) is 15.1 Å². The van der Waals surface area contributed by atoms with Crippen molar-refractivity contribution < 1.29 is 9.90 Å². The zero-order chi connectivity index (χ0) is 15.1. The van der Waals surface area contributed by atoms with Gasteiger partial charge in [0.25, 0.3) is 0 Å². The number of aromatic nitrogens is 2. The van der Waals surface area contributed by atoms with Gasteiger partial charge in [-0.3, -0.25) is 9.48 Å². The molecule has 114 valence electrons. The summed E-state index contributed by atoms with van der Waals surface area (Å²) in [5.74, 6) is -0.314. The van der Waals surface area contributed by atoms with Crippen LogP contribution in [0.1, 0.15) is 44.5 Å². The van der Waals surface area contributed by atoms with Gasteiger partial charge in [0.15, 0.2) is 0 Å². The molecule has 0 radical (unpaired) electrons. The van der Waals surface area contributed by atoms with Crippen LogP contribution in [0.4, 0.5) is 0 Å². The van der Waals surface area contributed by atoms with Crippen LogP contribution in [-0.4, -0.2) is 27.4 Å². The lowest BCUT2D eigenvalue weighted by molar-refractivity contribution is -0.137. The van der Waals surface area contributed by atoms with Crippen molar-refractivity contribution in [3.05, 3.63) is 16.4 Å². The summed E-state index contributed by atoms with van der Waals surface area (Å²) in [5, 5.41) is 17.1. The zero-order valence-electron chi connectivity index (χ0n) is 12.4. The van der Waals surface area contributed by atoms with Gasteiger partial charge in [0.1, 0.15) is 0 Å². The lowest BCUT2D eigenvalue weighted by Crippen LogP contribution is -2.19. The molecule has 0 saturated carbocycles. The molecule has 1 aromatic rings. The monoisotopic (exact) mass is 301 g/mol. The smallest absolute Gasteiger partial charge is 0.303 e. The standard InChI is InChI=1S/C14H24ClN3O2/c1-4-11-14(15)12(18(3)17-11)9-16-8-7-10(2)5-6-13(19)20/h10,16H,4-9H2,1-3H3,(H,19,20). The quantitative estimate of drug-likeness (QED) is 0.688. The molecule has 1 unspecified atom stereocenters. The highest BCUT2D eigenvalue weighted by Crippen LogP contribution is 2.20. The molecule has 0 fully saturated rings. The summed E-state index contributed by atoms with van der Waals surface area (Å²) in [6, 6.07) is 0. The van der Waals surface area contributed by atoms with Crippen molar-refractivity contribution in [3.63, 3.8) is 0 Å². The van der Waals surface area contributed by atoms with Gasteiger partial charge in [-0.25, -0.2) is 0 Å². The fraction of sp³-hybridized carbons (Fsp3) is 0.714. The number of carboxylic acids is 1. The van der Waals surface area contributed by atoms with E-state index in [0.717, 1.165) is 42.2 Å². The van der Waals surface area contributed by atoms with E-state index in [9.17, 15) is 4.79 Å². The zero-order valence-corrected chi connectivity index (χ0v) is 13.2. The number of hydrogen-bond acceptors (Lipinski definition) is 3. The molecule has 20 heavy (non-hydrogen) atoms. The van der Waals surface area contributed by atoms with Crippen molar-refractivity contribution in [2.24, 2.45) is 13.0 Å². The molecule has 0 saturated heterocycles. The van der Waals surface area contributed by atoms with Crippen molar-refractivity contribution >= 4 is 17.6 Å². The maximum absolute atomic E-state index is 10.5. The number of hydrogen-bond donors (Lipinski definition) is 2. The highest BCUT2D eigenvalue weighted by Gasteiger charge is 2.12. The van der Waals surface area contributed by atoms with E-state index < -0.39 is 5.97 Å². The van der Waals surface area contributed by atoms with Gasteiger partial charge < -0.3 is 10.4 Å². The molecule has 1 rings (SSSR count). The minimum atomic E-state index is -0.724. The van der Waals surface area contributed by atoms with Crippen LogP contribution in [0.2, 0.25) is 5.02 Å². The van der Waals surface area contributed by atoms with Gasteiger partial charge in [-0.15, -0.1) is 0 Å². The van der Waals surface area contributed by atoms with Gasteiger partial charge >= 0.3 is 5.97 Å². The van der Waals surface area contributed by atoms with Crippen LogP contribution < -0.4 is 5.32 Å². The fourth-order valence-corrected chi connectivity index (χ4v) is 2.44. The Labute approximate surface area is 125 Å². The van der Waals surface area contributed by atoms with Crippen molar-refractivity contribution in [3.8, 4) is 0 Å². The molecule has 2 N–H and O–H groups in total. The number of aliphatic carboxylic acids is 1. The Morgan fingerprint density at radius 1 is 1.50 bits per heavy atom. The van der Waals surface area contributed by atoms with Crippen LogP contribution >= 0.6 is 11.6 Å². The van der Waals surface area contributed by atoms with Crippen LogP contribution in [0.15, 0.2) is 0 Å². The summed E-state index contributed by atoms with van der Waals surface area (Å²) in [6.07, 6.45) is 2.76. The Hall–Kier alpha value is -1.07. The number of nitrogens with zero attached hydrogens (tertiary/aromatic N) is 2. The third-order valence-corrected chi connectivity index (χ3v) is 3.90. The third kappa shape index (κ3) is 5.13. The summed E-state index contributed by atoms with van der Waals surface area (Å²) in [4.78, 5) is 10.5. The molecule has 0 bridgehead atoms. The highest BCUT2D eigenvalue weighted by molar-refractivity contribution is 6.31. The predicted molar refractivity (Wildman–Crippen MR) is 80.0 cm³/mol. The Morgan fingerprint density at radius 3 is 2.75 bits per heavy atom. The first-order chi connectivity index (χ1) is 9.45. The second-order valence-electron chi connectivity index (χ2n) is 5.19. The van der Waals surface area contributed by atoms with Gasteiger partial charge in [-0.05, 0) is 31.7 Å². The summed E-state index contributed by atoms with van der Waals surface area (Å²) < 4.78 is 1.82. The van der Waals surface area contributed by atoms with E-state index in [1.165, 1.54) is 0 Å². The number of halogens is 1. The minimum Gasteiger partial charge on any atom is -0.481 e. The molecular weight excluding hydrogens is 278 g/mol. The van der Waals surface area contributed by atoms with Crippen LogP contribution in [-0.2, 0) is 24.8 Å². The number of carbonyl (C=O) groups is 1. The number of carboxylic acid groups (broad SMARTS) is 1. The Bertz CT molecular complexity index is 446. The highest BCUT2D eigenvalue weighted by atomic mass is 35.5. The molecule has 1 aromatic heterocycles. The van der Waals surface area contributed by atoms with E-state index in [1.807, 2.05) is 18.7 Å². The molecule has 0 spiro atoms. The van der Waals surface area contributed by atoms with E-state index in [-0.39, 0.29) is 6.42 Å². The Balaban J connectivity index is 2.31. The van der Waals surface area contributed by atoms with Crippen LogP contribution in [0.25, 0.3) is 0 Å².